The topological polar surface area (TPSA) is 32.3 Å². The zero-order valence-electron chi connectivity index (χ0n) is 12.7. The lowest BCUT2D eigenvalue weighted by atomic mass is 9.88. The summed E-state index contributed by atoms with van der Waals surface area (Å²) in [6.45, 7) is 2.93. The molecule has 1 N–H and O–H groups in total. The molecule has 112 valence electrons. The van der Waals surface area contributed by atoms with Gasteiger partial charge in [-0.1, -0.05) is 36.8 Å². The Hall–Kier alpha value is -1.35. The number of rotatable bonds is 3. The highest BCUT2D eigenvalue weighted by atomic mass is 16.2. The first-order valence-corrected chi connectivity index (χ1v) is 8.34. The second-order valence-electron chi connectivity index (χ2n) is 7.13. The summed E-state index contributed by atoms with van der Waals surface area (Å²) in [4.78, 5) is 14.6. The van der Waals surface area contributed by atoms with Gasteiger partial charge < -0.3 is 4.90 Å². The molecule has 2 saturated carbocycles. The molecule has 1 amide bonds. The average Bonchev–Trinajstić information content (AvgIpc) is 3.19. The van der Waals surface area contributed by atoms with Gasteiger partial charge in [-0.2, -0.15) is 0 Å². The minimum Gasteiger partial charge on any atom is -0.321 e. The van der Waals surface area contributed by atoms with Crippen LogP contribution in [-0.4, -0.2) is 23.4 Å². The quantitative estimate of drug-likeness (QED) is 0.925. The predicted octanol–water partition coefficient (Wildman–Crippen LogP) is 2.94. The average molecular weight is 284 g/mol. The Kier molecular flexibility index (Phi) is 3.26. The number of hydrogen-bond donors (Lipinski definition) is 1. The largest absolute Gasteiger partial charge is 0.321 e. The van der Waals surface area contributed by atoms with Gasteiger partial charge in [-0.15, -0.1) is 0 Å². The molecule has 3 heteroatoms. The maximum absolute atomic E-state index is 12.5. The number of fused-ring (bicyclic) bond motifs is 2. The fraction of sp³-hybridized carbons (Fsp3) is 0.611. The molecule has 1 saturated heterocycles. The minimum atomic E-state index is -0.0613. The first kappa shape index (κ1) is 13.3. The molecule has 4 rings (SSSR count). The van der Waals surface area contributed by atoms with Crippen LogP contribution >= 0.6 is 0 Å². The van der Waals surface area contributed by atoms with Crippen LogP contribution in [0.4, 0.5) is 0 Å². The van der Waals surface area contributed by atoms with Crippen LogP contribution < -0.4 is 5.32 Å². The number of carbonyl (C=O) groups excluding carboxylic acids is 1. The van der Waals surface area contributed by atoms with Crippen molar-refractivity contribution in [2.75, 3.05) is 6.54 Å². The standard InChI is InChI=1S/C18H24N2O/c1-12-18(21)20(11-16-10-13-7-8-15(16)9-13)17(19-12)14-5-3-2-4-6-14/h2-6,12-13,15-17,19H,7-11H2,1H3. The molecule has 0 spiro atoms. The molecule has 5 atom stereocenters. The Morgan fingerprint density at radius 2 is 2.00 bits per heavy atom. The van der Waals surface area contributed by atoms with Crippen molar-refractivity contribution in [1.29, 1.82) is 0 Å². The van der Waals surface area contributed by atoms with Gasteiger partial charge in [0.05, 0.1) is 6.04 Å². The summed E-state index contributed by atoms with van der Waals surface area (Å²) in [6, 6.07) is 10.3. The highest BCUT2D eigenvalue weighted by Crippen LogP contribution is 2.49. The van der Waals surface area contributed by atoms with Crippen LogP contribution in [0.3, 0.4) is 0 Å². The van der Waals surface area contributed by atoms with Gasteiger partial charge in [0.25, 0.3) is 0 Å². The first-order valence-electron chi connectivity index (χ1n) is 8.34. The number of hydrogen-bond acceptors (Lipinski definition) is 2. The van der Waals surface area contributed by atoms with Gasteiger partial charge in [0.15, 0.2) is 0 Å². The van der Waals surface area contributed by atoms with E-state index >= 15 is 0 Å². The SMILES string of the molecule is CC1NC(c2ccccc2)N(CC2CC3CCC2C3)C1=O. The first-order chi connectivity index (χ1) is 10.2. The smallest absolute Gasteiger partial charge is 0.241 e. The minimum absolute atomic E-state index is 0.0613. The maximum atomic E-state index is 12.5. The van der Waals surface area contributed by atoms with E-state index in [4.69, 9.17) is 0 Å². The molecule has 21 heavy (non-hydrogen) atoms. The number of benzene rings is 1. The van der Waals surface area contributed by atoms with E-state index in [0.29, 0.717) is 0 Å². The summed E-state index contributed by atoms with van der Waals surface area (Å²) in [6.07, 6.45) is 5.62. The molecule has 3 fully saturated rings. The molecule has 1 aromatic carbocycles. The van der Waals surface area contributed by atoms with Crippen LogP contribution in [0.1, 0.15) is 44.3 Å². The summed E-state index contributed by atoms with van der Waals surface area (Å²) in [5.74, 6) is 2.81. The molecule has 1 aromatic rings. The fourth-order valence-corrected chi connectivity index (χ4v) is 4.73. The molecule has 0 aromatic heterocycles. The summed E-state index contributed by atoms with van der Waals surface area (Å²) < 4.78 is 0. The van der Waals surface area contributed by atoms with Gasteiger partial charge in [0.2, 0.25) is 5.91 Å². The lowest BCUT2D eigenvalue weighted by Crippen LogP contribution is -2.36. The highest BCUT2D eigenvalue weighted by Gasteiger charge is 2.44. The Balaban J connectivity index is 1.54. The molecule has 1 heterocycles. The Morgan fingerprint density at radius 3 is 2.67 bits per heavy atom. The van der Waals surface area contributed by atoms with E-state index in [2.05, 4.69) is 34.5 Å². The molecule has 0 radical (unpaired) electrons. The molecule has 3 nitrogen and oxygen atoms in total. The Labute approximate surface area is 126 Å². The van der Waals surface area contributed by atoms with Crippen LogP contribution in [0.5, 0.6) is 0 Å². The van der Waals surface area contributed by atoms with Crippen LogP contribution in [0.15, 0.2) is 30.3 Å². The van der Waals surface area contributed by atoms with Crippen molar-refractivity contribution < 1.29 is 4.79 Å². The van der Waals surface area contributed by atoms with E-state index < -0.39 is 0 Å². The zero-order valence-corrected chi connectivity index (χ0v) is 12.7. The van der Waals surface area contributed by atoms with Gasteiger partial charge in [0, 0.05) is 6.54 Å². The Bertz CT molecular complexity index is 529. The van der Waals surface area contributed by atoms with E-state index in [-0.39, 0.29) is 18.1 Å². The third-order valence-corrected chi connectivity index (χ3v) is 5.80. The van der Waals surface area contributed by atoms with Gasteiger partial charge in [-0.25, -0.2) is 0 Å². The lowest BCUT2D eigenvalue weighted by molar-refractivity contribution is -0.130. The number of amides is 1. The summed E-state index contributed by atoms with van der Waals surface area (Å²) in [7, 11) is 0. The molecule has 3 aliphatic rings. The van der Waals surface area contributed by atoms with Crippen molar-refractivity contribution in [2.24, 2.45) is 17.8 Å². The molecule has 5 unspecified atom stereocenters. The monoisotopic (exact) mass is 284 g/mol. The van der Waals surface area contributed by atoms with Crippen molar-refractivity contribution in [3.05, 3.63) is 35.9 Å². The van der Waals surface area contributed by atoms with Crippen molar-refractivity contribution in [3.63, 3.8) is 0 Å². The molecule has 1 aliphatic heterocycles. The van der Waals surface area contributed by atoms with Crippen molar-refractivity contribution in [2.45, 2.75) is 44.8 Å². The third-order valence-electron chi connectivity index (χ3n) is 5.80. The van der Waals surface area contributed by atoms with Crippen LogP contribution in [0.2, 0.25) is 0 Å². The fourth-order valence-electron chi connectivity index (χ4n) is 4.73. The second-order valence-corrected chi connectivity index (χ2v) is 7.13. The third kappa shape index (κ3) is 2.28. The van der Waals surface area contributed by atoms with Crippen molar-refractivity contribution in [3.8, 4) is 0 Å². The van der Waals surface area contributed by atoms with Crippen molar-refractivity contribution in [1.82, 2.24) is 10.2 Å². The van der Waals surface area contributed by atoms with Gasteiger partial charge in [0.1, 0.15) is 6.17 Å². The summed E-state index contributed by atoms with van der Waals surface area (Å²) >= 11 is 0. The summed E-state index contributed by atoms with van der Waals surface area (Å²) in [5.41, 5.74) is 1.21. The molecule has 2 aliphatic carbocycles. The maximum Gasteiger partial charge on any atom is 0.241 e. The zero-order chi connectivity index (χ0) is 14.4. The van der Waals surface area contributed by atoms with E-state index in [1.54, 1.807) is 0 Å². The summed E-state index contributed by atoms with van der Waals surface area (Å²) in [5, 5.41) is 3.46. The number of carbonyl (C=O) groups is 1. The van der Waals surface area contributed by atoms with E-state index in [9.17, 15) is 4.79 Å². The normalized spacial score (nSPS) is 38.4. The van der Waals surface area contributed by atoms with Crippen LogP contribution in [0.25, 0.3) is 0 Å². The molecule has 2 bridgehead atoms. The number of nitrogens with one attached hydrogen (secondary N) is 1. The van der Waals surface area contributed by atoms with Gasteiger partial charge >= 0.3 is 0 Å². The van der Waals surface area contributed by atoms with Gasteiger partial charge in [-0.3, -0.25) is 10.1 Å². The lowest BCUT2D eigenvalue weighted by Gasteiger charge is -2.31. The van der Waals surface area contributed by atoms with Crippen LogP contribution in [-0.2, 0) is 4.79 Å². The van der Waals surface area contributed by atoms with E-state index in [1.807, 2.05) is 13.0 Å². The highest BCUT2D eigenvalue weighted by molar-refractivity contribution is 5.84. The van der Waals surface area contributed by atoms with E-state index in [1.165, 1.54) is 31.2 Å². The molecular formula is C18H24N2O. The van der Waals surface area contributed by atoms with Gasteiger partial charge in [-0.05, 0) is 49.5 Å². The second kappa shape index (κ2) is 5.13. The van der Waals surface area contributed by atoms with E-state index in [0.717, 1.165) is 24.3 Å². The predicted molar refractivity (Wildman–Crippen MR) is 82.4 cm³/mol. The molecular weight excluding hydrogens is 260 g/mol. The number of nitrogens with zero attached hydrogens (tertiary/aromatic N) is 1. The van der Waals surface area contributed by atoms with Crippen LogP contribution in [0, 0.1) is 17.8 Å². The Morgan fingerprint density at radius 1 is 1.19 bits per heavy atom. The van der Waals surface area contributed by atoms with Crippen molar-refractivity contribution >= 4 is 5.91 Å².